The van der Waals surface area contributed by atoms with Gasteiger partial charge in [-0.15, -0.1) is 0 Å². The third-order valence-electron chi connectivity index (χ3n) is 9.44. The van der Waals surface area contributed by atoms with Crippen LogP contribution in [0.2, 0.25) is 5.02 Å². The Balaban J connectivity index is 1.51. The fourth-order valence-electron chi connectivity index (χ4n) is 6.01. The fraction of sp³-hybridized carbons (Fsp3) is 0.357. The van der Waals surface area contributed by atoms with E-state index in [1.54, 1.807) is 44.4 Å². The molecule has 56 heavy (non-hydrogen) atoms. The first kappa shape index (κ1) is 43.6. The lowest BCUT2D eigenvalue weighted by Gasteiger charge is -2.26. The number of anilines is 1. The van der Waals surface area contributed by atoms with Crippen LogP contribution in [-0.4, -0.2) is 74.9 Å². The van der Waals surface area contributed by atoms with Crippen LogP contribution in [0.15, 0.2) is 97.3 Å². The van der Waals surface area contributed by atoms with Gasteiger partial charge in [-0.2, -0.15) is 0 Å². The highest BCUT2D eigenvalue weighted by atomic mass is 35.5. The largest absolute Gasteiger partial charge is 0.348 e. The van der Waals surface area contributed by atoms with Crippen molar-refractivity contribution in [2.75, 3.05) is 24.2 Å². The number of aryl methyl sites for hydroxylation is 1. The third kappa shape index (κ3) is 13.0. The molecule has 1 aromatic heterocycles. The predicted molar refractivity (Wildman–Crippen MR) is 220 cm³/mol. The zero-order valence-electron chi connectivity index (χ0n) is 32.6. The van der Waals surface area contributed by atoms with Crippen molar-refractivity contribution < 1.29 is 27.6 Å². The SMILES string of the molecule is CC(C)[C@H](NC(=O)[C@H](C)NC[C@H](Cc1ccccc1)NC(=O)c1cc(C(=O)N[C@H](C)c2cccc(Cl)c2)cc(N(C)S(C)(=O)=O)c1)C(=O)CCc1ccncc1. The first-order valence-corrected chi connectivity index (χ1v) is 20.7. The number of hydrogen-bond acceptors (Lipinski definition) is 8. The van der Waals surface area contributed by atoms with Crippen molar-refractivity contribution in [1.29, 1.82) is 0 Å². The molecule has 4 rings (SSSR count). The Morgan fingerprint density at radius 1 is 0.786 bits per heavy atom. The summed E-state index contributed by atoms with van der Waals surface area (Å²) >= 11 is 6.16. The molecule has 0 aliphatic rings. The van der Waals surface area contributed by atoms with E-state index in [9.17, 15) is 27.6 Å². The quantitative estimate of drug-likeness (QED) is 0.0994. The summed E-state index contributed by atoms with van der Waals surface area (Å²) in [6.07, 6.45) is 5.59. The molecule has 12 nitrogen and oxygen atoms in total. The first-order valence-electron chi connectivity index (χ1n) is 18.5. The van der Waals surface area contributed by atoms with Crippen molar-refractivity contribution in [3.05, 3.63) is 130 Å². The van der Waals surface area contributed by atoms with Gasteiger partial charge in [0.2, 0.25) is 15.9 Å². The summed E-state index contributed by atoms with van der Waals surface area (Å²) in [4.78, 5) is 58.2. The zero-order valence-corrected chi connectivity index (χ0v) is 34.2. The lowest BCUT2D eigenvalue weighted by molar-refractivity contribution is -0.129. The Morgan fingerprint density at radius 3 is 2.04 bits per heavy atom. The van der Waals surface area contributed by atoms with Gasteiger partial charge in [0.15, 0.2) is 5.78 Å². The minimum atomic E-state index is -3.75. The van der Waals surface area contributed by atoms with Gasteiger partial charge in [-0.3, -0.25) is 28.5 Å². The molecule has 4 atom stereocenters. The lowest BCUT2D eigenvalue weighted by Crippen LogP contribution is -2.53. The highest BCUT2D eigenvalue weighted by Crippen LogP contribution is 2.23. The van der Waals surface area contributed by atoms with E-state index in [-0.39, 0.29) is 47.4 Å². The molecule has 0 aliphatic heterocycles. The summed E-state index contributed by atoms with van der Waals surface area (Å²) in [6.45, 7) is 7.42. The van der Waals surface area contributed by atoms with Crippen LogP contribution in [0, 0.1) is 5.92 Å². The van der Waals surface area contributed by atoms with Gasteiger partial charge in [-0.05, 0) is 91.8 Å². The molecule has 298 valence electrons. The van der Waals surface area contributed by atoms with Gasteiger partial charge in [0.25, 0.3) is 11.8 Å². The summed E-state index contributed by atoms with van der Waals surface area (Å²) in [5.74, 6) is -1.63. The maximum absolute atomic E-state index is 14.0. The van der Waals surface area contributed by atoms with E-state index in [0.717, 1.165) is 27.3 Å². The van der Waals surface area contributed by atoms with Crippen molar-refractivity contribution in [1.82, 2.24) is 26.3 Å². The molecular weight excluding hydrogens is 752 g/mol. The van der Waals surface area contributed by atoms with Crippen molar-refractivity contribution in [3.8, 4) is 0 Å². The summed E-state index contributed by atoms with van der Waals surface area (Å²) in [6, 6.07) is 22.1. The Labute approximate surface area is 334 Å². The average molecular weight is 803 g/mol. The molecular formula is C42H51ClN6O6S. The highest BCUT2D eigenvalue weighted by Gasteiger charge is 2.27. The van der Waals surface area contributed by atoms with Crippen LogP contribution >= 0.6 is 11.6 Å². The van der Waals surface area contributed by atoms with Crippen molar-refractivity contribution in [2.24, 2.45) is 5.92 Å². The van der Waals surface area contributed by atoms with Crippen LogP contribution in [0.25, 0.3) is 0 Å². The maximum Gasteiger partial charge on any atom is 0.251 e. The number of carbonyl (C=O) groups is 4. The van der Waals surface area contributed by atoms with E-state index in [1.165, 1.54) is 25.2 Å². The van der Waals surface area contributed by atoms with Crippen LogP contribution < -0.4 is 25.6 Å². The van der Waals surface area contributed by atoms with Crippen LogP contribution in [0.1, 0.15) is 77.6 Å². The summed E-state index contributed by atoms with van der Waals surface area (Å²) < 4.78 is 26.1. The number of amides is 3. The summed E-state index contributed by atoms with van der Waals surface area (Å²) in [7, 11) is -2.41. The van der Waals surface area contributed by atoms with Gasteiger partial charge in [0.05, 0.1) is 30.1 Å². The summed E-state index contributed by atoms with van der Waals surface area (Å²) in [5, 5.41) is 12.6. The summed E-state index contributed by atoms with van der Waals surface area (Å²) in [5.41, 5.74) is 2.94. The van der Waals surface area contributed by atoms with Gasteiger partial charge >= 0.3 is 0 Å². The molecule has 0 unspecified atom stereocenters. The molecule has 4 N–H and O–H groups in total. The number of nitrogens with zero attached hydrogens (tertiary/aromatic N) is 2. The van der Waals surface area contributed by atoms with E-state index in [4.69, 9.17) is 11.6 Å². The number of halogens is 1. The smallest absolute Gasteiger partial charge is 0.251 e. The molecule has 0 radical (unpaired) electrons. The number of hydrogen-bond donors (Lipinski definition) is 4. The van der Waals surface area contributed by atoms with E-state index in [1.807, 2.05) is 62.4 Å². The van der Waals surface area contributed by atoms with Crippen molar-refractivity contribution in [2.45, 2.75) is 71.1 Å². The van der Waals surface area contributed by atoms with Gasteiger partial charge in [0, 0.05) is 54.6 Å². The molecule has 0 spiro atoms. The molecule has 4 aromatic rings. The van der Waals surface area contributed by atoms with Gasteiger partial charge in [0.1, 0.15) is 0 Å². The molecule has 0 fully saturated rings. The second kappa shape index (κ2) is 20.2. The third-order valence-corrected chi connectivity index (χ3v) is 10.9. The highest BCUT2D eigenvalue weighted by molar-refractivity contribution is 7.92. The standard InChI is InChI=1S/C42H51ClN6O6S/c1-27(2)39(38(50)16-15-30-17-19-44-20-18-30)48-40(51)29(4)45-26-36(21-31-11-8-7-9-12-31)47-42(53)34-22-33(24-37(25-34)49(5)56(6,54)55)41(52)46-28(3)32-13-10-14-35(43)23-32/h7-14,17-20,22-25,27-29,36,39,45H,15-16,21,26H2,1-6H3,(H,46,52)(H,47,53)(H,48,51)/t28-,29+,36+,39+/m1/s1. The Hall–Kier alpha value is -5.11. The molecule has 3 aromatic carbocycles. The topological polar surface area (TPSA) is 167 Å². The number of pyridine rings is 1. The van der Waals surface area contributed by atoms with Crippen LogP contribution in [-0.2, 0) is 32.5 Å². The first-order chi connectivity index (χ1) is 26.5. The number of sulfonamides is 1. The van der Waals surface area contributed by atoms with Crippen molar-refractivity contribution in [3.63, 3.8) is 0 Å². The molecule has 3 amide bonds. The van der Waals surface area contributed by atoms with Crippen LogP contribution in [0.5, 0.6) is 0 Å². The number of Topliss-reactive ketones (excluding diaryl/α,β-unsaturated/α-hetero) is 1. The number of aromatic nitrogens is 1. The molecule has 0 bridgehead atoms. The number of rotatable bonds is 19. The fourth-order valence-corrected chi connectivity index (χ4v) is 6.70. The minimum absolute atomic E-state index is 0.0625. The normalized spacial score (nSPS) is 13.6. The second-order valence-corrected chi connectivity index (χ2v) is 16.7. The molecule has 14 heteroatoms. The molecule has 0 saturated heterocycles. The number of benzene rings is 3. The van der Waals surface area contributed by atoms with Gasteiger partial charge in [-0.25, -0.2) is 8.42 Å². The van der Waals surface area contributed by atoms with Gasteiger partial charge in [-0.1, -0.05) is 67.9 Å². The van der Waals surface area contributed by atoms with Crippen LogP contribution in [0.4, 0.5) is 5.69 Å². The van der Waals surface area contributed by atoms with E-state index in [0.29, 0.717) is 17.9 Å². The second-order valence-electron chi connectivity index (χ2n) is 14.3. The minimum Gasteiger partial charge on any atom is -0.348 e. The van der Waals surface area contributed by atoms with E-state index >= 15 is 0 Å². The monoisotopic (exact) mass is 802 g/mol. The van der Waals surface area contributed by atoms with E-state index in [2.05, 4.69) is 26.3 Å². The number of ketones is 1. The number of carbonyl (C=O) groups excluding carboxylic acids is 4. The number of nitrogens with one attached hydrogen (secondary N) is 4. The maximum atomic E-state index is 14.0. The average Bonchev–Trinajstić information content (AvgIpc) is 3.17. The van der Waals surface area contributed by atoms with Crippen molar-refractivity contribution >= 4 is 50.8 Å². The Morgan fingerprint density at radius 2 is 1.43 bits per heavy atom. The molecule has 1 heterocycles. The Kier molecular flexibility index (Phi) is 15.7. The predicted octanol–water partition coefficient (Wildman–Crippen LogP) is 5.28. The van der Waals surface area contributed by atoms with Gasteiger partial charge < -0.3 is 21.3 Å². The Bertz CT molecular complexity index is 2080. The van der Waals surface area contributed by atoms with E-state index < -0.39 is 46.0 Å². The zero-order chi connectivity index (χ0) is 41.0. The van der Waals surface area contributed by atoms with Crippen LogP contribution in [0.3, 0.4) is 0 Å². The molecule has 0 aliphatic carbocycles. The molecule has 0 saturated carbocycles. The lowest BCUT2D eigenvalue weighted by atomic mass is 9.95.